The van der Waals surface area contributed by atoms with Gasteiger partial charge in [-0.05, 0) is 41.0 Å². The van der Waals surface area contributed by atoms with Crippen LogP contribution in [0.5, 0.6) is 5.75 Å². The minimum absolute atomic E-state index is 0.818. The van der Waals surface area contributed by atoms with Crippen molar-refractivity contribution in [3.05, 3.63) is 65.7 Å². The Morgan fingerprint density at radius 2 is 1.62 bits per heavy atom. The van der Waals surface area contributed by atoms with Crippen LogP contribution in [0.2, 0.25) is 0 Å². The van der Waals surface area contributed by atoms with Crippen LogP contribution < -0.4 is 4.74 Å². The van der Waals surface area contributed by atoms with Gasteiger partial charge in [0.25, 0.3) is 0 Å². The highest BCUT2D eigenvalue weighted by Gasteiger charge is 2.55. The molecule has 0 aromatic heterocycles. The van der Waals surface area contributed by atoms with Gasteiger partial charge in [-0.15, -0.1) is 0 Å². The van der Waals surface area contributed by atoms with Crippen LogP contribution in [0.3, 0.4) is 0 Å². The summed E-state index contributed by atoms with van der Waals surface area (Å²) in [5.41, 5.74) is 2.92. The van der Waals surface area contributed by atoms with Crippen molar-refractivity contribution in [2.75, 3.05) is 20.2 Å². The lowest BCUT2D eigenvalue weighted by Crippen LogP contribution is -2.23. The van der Waals surface area contributed by atoms with Crippen molar-refractivity contribution in [2.45, 2.75) is 12.5 Å². The van der Waals surface area contributed by atoms with E-state index in [0.29, 0.717) is 0 Å². The average Bonchev–Trinajstić information content (AvgIpc) is 3.05. The SMILES string of the molecule is COc1ccc(CN2CC3C(C2)C3c2ccccc2)cc1. The zero-order chi connectivity index (χ0) is 14.2. The number of benzene rings is 2. The first-order valence-corrected chi connectivity index (χ1v) is 7.75. The van der Waals surface area contributed by atoms with Crippen molar-refractivity contribution in [1.29, 1.82) is 0 Å². The van der Waals surface area contributed by atoms with Gasteiger partial charge in [0, 0.05) is 19.6 Å². The fourth-order valence-corrected chi connectivity index (χ4v) is 3.90. The first-order valence-electron chi connectivity index (χ1n) is 7.75. The molecule has 2 unspecified atom stereocenters. The summed E-state index contributed by atoms with van der Waals surface area (Å²) in [6, 6.07) is 19.5. The zero-order valence-corrected chi connectivity index (χ0v) is 12.4. The Kier molecular flexibility index (Phi) is 3.19. The van der Waals surface area contributed by atoms with Crippen LogP contribution in [0.25, 0.3) is 0 Å². The van der Waals surface area contributed by atoms with E-state index in [4.69, 9.17) is 4.74 Å². The highest BCUT2D eigenvalue weighted by Crippen LogP contribution is 2.58. The minimum atomic E-state index is 0.818. The molecule has 2 heteroatoms. The van der Waals surface area contributed by atoms with E-state index in [1.807, 2.05) is 0 Å². The van der Waals surface area contributed by atoms with Gasteiger partial charge in [-0.25, -0.2) is 0 Å². The molecule has 2 aliphatic rings. The van der Waals surface area contributed by atoms with Crippen LogP contribution in [0, 0.1) is 11.8 Å². The molecule has 4 rings (SSSR count). The number of ether oxygens (including phenoxy) is 1. The Morgan fingerprint density at radius 1 is 0.952 bits per heavy atom. The molecule has 1 saturated carbocycles. The van der Waals surface area contributed by atoms with E-state index < -0.39 is 0 Å². The van der Waals surface area contributed by atoms with E-state index in [-0.39, 0.29) is 0 Å². The van der Waals surface area contributed by atoms with Crippen LogP contribution in [-0.2, 0) is 6.54 Å². The smallest absolute Gasteiger partial charge is 0.118 e. The van der Waals surface area contributed by atoms with Crippen molar-refractivity contribution in [1.82, 2.24) is 4.90 Å². The van der Waals surface area contributed by atoms with Crippen LogP contribution in [0.1, 0.15) is 17.0 Å². The lowest BCUT2D eigenvalue weighted by molar-refractivity contribution is 0.290. The quantitative estimate of drug-likeness (QED) is 0.849. The Bertz CT molecular complexity index is 595. The van der Waals surface area contributed by atoms with Gasteiger partial charge in [0.15, 0.2) is 0 Å². The Morgan fingerprint density at radius 3 is 2.24 bits per heavy atom. The number of methoxy groups -OCH3 is 1. The van der Waals surface area contributed by atoms with Crippen LogP contribution in [0.15, 0.2) is 54.6 Å². The van der Waals surface area contributed by atoms with Gasteiger partial charge in [-0.2, -0.15) is 0 Å². The van der Waals surface area contributed by atoms with E-state index in [1.54, 1.807) is 7.11 Å². The molecule has 1 heterocycles. The molecule has 0 N–H and O–H groups in total. The number of hydrogen-bond donors (Lipinski definition) is 0. The minimum Gasteiger partial charge on any atom is -0.497 e. The van der Waals surface area contributed by atoms with Crippen molar-refractivity contribution in [3.63, 3.8) is 0 Å². The van der Waals surface area contributed by atoms with E-state index in [2.05, 4.69) is 59.5 Å². The molecule has 2 aromatic rings. The van der Waals surface area contributed by atoms with E-state index in [9.17, 15) is 0 Å². The molecule has 21 heavy (non-hydrogen) atoms. The summed E-state index contributed by atoms with van der Waals surface area (Å²) in [6.07, 6.45) is 0. The van der Waals surface area contributed by atoms with Gasteiger partial charge >= 0.3 is 0 Å². The largest absolute Gasteiger partial charge is 0.497 e. The summed E-state index contributed by atoms with van der Waals surface area (Å²) in [5, 5.41) is 0. The van der Waals surface area contributed by atoms with E-state index in [0.717, 1.165) is 30.0 Å². The second-order valence-corrected chi connectivity index (χ2v) is 6.31. The number of piperidine rings is 1. The number of hydrogen-bond acceptors (Lipinski definition) is 2. The molecule has 1 aliphatic heterocycles. The number of nitrogens with zero attached hydrogens (tertiary/aromatic N) is 1. The highest BCUT2D eigenvalue weighted by molar-refractivity contribution is 5.31. The molecule has 108 valence electrons. The lowest BCUT2D eigenvalue weighted by atomic mass is 10.1. The molecule has 0 radical (unpaired) electrons. The van der Waals surface area contributed by atoms with Crippen LogP contribution >= 0.6 is 0 Å². The molecule has 0 spiro atoms. The maximum atomic E-state index is 5.21. The summed E-state index contributed by atoms with van der Waals surface area (Å²) >= 11 is 0. The van der Waals surface area contributed by atoms with Gasteiger partial charge in [0.2, 0.25) is 0 Å². The fourth-order valence-electron chi connectivity index (χ4n) is 3.90. The monoisotopic (exact) mass is 279 g/mol. The molecule has 2 nitrogen and oxygen atoms in total. The first kappa shape index (κ1) is 12.9. The van der Waals surface area contributed by atoms with Crippen molar-refractivity contribution in [3.8, 4) is 5.75 Å². The normalized spacial score (nSPS) is 27.4. The average molecular weight is 279 g/mol. The standard InChI is InChI=1S/C19H21NO/c1-21-16-9-7-14(8-10-16)11-20-12-17-18(13-20)19(17)15-5-3-2-4-6-15/h2-10,17-19H,11-13H2,1H3. The van der Waals surface area contributed by atoms with Gasteiger partial charge in [0.1, 0.15) is 5.75 Å². The predicted molar refractivity (Wildman–Crippen MR) is 84.4 cm³/mol. The fraction of sp³-hybridized carbons (Fsp3) is 0.368. The zero-order valence-electron chi connectivity index (χ0n) is 12.4. The summed E-state index contributed by atoms with van der Waals surface area (Å²) in [5.74, 6) is 3.52. The maximum Gasteiger partial charge on any atom is 0.118 e. The molecule has 1 saturated heterocycles. The molecular formula is C19H21NO. The first-order chi connectivity index (χ1) is 10.3. The number of likely N-dealkylation sites (tertiary alicyclic amines) is 1. The summed E-state index contributed by atoms with van der Waals surface area (Å²) < 4.78 is 5.21. The summed E-state index contributed by atoms with van der Waals surface area (Å²) in [6.45, 7) is 3.56. The molecule has 0 amide bonds. The second-order valence-electron chi connectivity index (χ2n) is 6.31. The van der Waals surface area contributed by atoms with Gasteiger partial charge in [0.05, 0.1) is 7.11 Å². The van der Waals surface area contributed by atoms with Crippen LogP contribution in [-0.4, -0.2) is 25.1 Å². The van der Waals surface area contributed by atoms with E-state index >= 15 is 0 Å². The van der Waals surface area contributed by atoms with E-state index in [1.165, 1.54) is 24.2 Å². The summed E-state index contributed by atoms with van der Waals surface area (Å²) in [7, 11) is 1.72. The third-order valence-corrected chi connectivity index (χ3v) is 5.02. The third kappa shape index (κ3) is 2.44. The van der Waals surface area contributed by atoms with Crippen molar-refractivity contribution in [2.24, 2.45) is 11.8 Å². The molecule has 2 fully saturated rings. The lowest BCUT2D eigenvalue weighted by Gasteiger charge is -2.19. The molecular weight excluding hydrogens is 258 g/mol. The number of fused-ring (bicyclic) bond motifs is 1. The van der Waals surface area contributed by atoms with Gasteiger partial charge in [-0.3, -0.25) is 4.90 Å². The van der Waals surface area contributed by atoms with Gasteiger partial charge in [-0.1, -0.05) is 42.5 Å². The Balaban J connectivity index is 1.35. The molecule has 0 bridgehead atoms. The Hall–Kier alpha value is -1.80. The number of rotatable bonds is 4. The molecule has 2 atom stereocenters. The molecule has 1 aliphatic carbocycles. The summed E-state index contributed by atoms with van der Waals surface area (Å²) in [4.78, 5) is 2.59. The maximum absolute atomic E-state index is 5.21. The van der Waals surface area contributed by atoms with Crippen molar-refractivity contribution >= 4 is 0 Å². The van der Waals surface area contributed by atoms with Crippen molar-refractivity contribution < 1.29 is 4.74 Å². The topological polar surface area (TPSA) is 12.5 Å². The Labute approximate surface area is 126 Å². The predicted octanol–water partition coefficient (Wildman–Crippen LogP) is 3.54. The highest BCUT2D eigenvalue weighted by atomic mass is 16.5. The second kappa shape index (κ2) is 5.19. The van der Waals surface area contributed by atoms with Crippen LogP contribution in [0.4, 0.5) is 0 Å². The third-order valence-electron chi connectivity index (χ3n) is 5.02. The van der Waals surface area contributed by atoms with Gasteiger partial charge < -0.3 is 4.74 Å². The molecule has 2 aromatic carbocycles.